The Morgan fingerprint density at radius 1 is 1.14 bits per heavy atom. The minimum Gasteiger partial charge on any atom is -0.426 e. The minimum atomic E-state index is -1.68. The molecule has 1 aromatic carbocycles. The Morgan fingerprint density at radius 3 is 2.45 bits per heavy atom. The van der Waals surface area contributed by atoms with E-state index in [4.69, 9.17) is 11.6 Å². The summed E-state index contributed by atoms with van der Waals surface area (Å²) in [4.78, 5) is 29.1. The maximum Gasteiger partial charge on any atom is 0.475 e. The van der Waals surface area contributed by atoms with Gasteiger partial charge < -0.3 is 20.7 Å². The molecule has 4 N–H and O–H groups in total. The summed E-state index contributed by atoms with van der Waals surface area (Å²) in [6.07, 6.45) is 3.28. The second-order valence-corrected chi connectivity index (χ2v) is 7.62. The monoisotopic (exact) mass is 417 g/mol. The third-order valence-electron chi connectivity index (χ3n) is 4.33. The molecule has 0 bridgehead atoms. The molecule has 2 atom stereocenters. The number of hydrogen-bond acceptors (Lipinski definition) is 5. The summed E-state index contributed by atoms with van der Waals surface area (Å²) < 4.78 is 0. The Hall–Kier alpha value is -2.42. The zero-order valence-electron chi connectivity index (χ0n) is 16.4. The normalized spacial score (nSPS) is 12.9. The van der Waals surface area contributed by atoms with Gasteiger partial charge in [-0.05, 0) is 36.1 Å². The van der Waals surface area contributed by atoms with Crippen molar-refractivity contribution in [3.05, 3.63) is 64.9 Å². The molecule has 2 unspecified atom stereocenters. The zero-order valence-corrected chi connectivity index (χ0v) is 17.1. The van der Waals surface area contributed by atoms with Crippen LogP contribution >= 0.6 is 11.6 Å². The Labute approximate surface area is 175 Å². The largest absolute Gasteiger partial charge is 0.475 e. The van der Waals surface area contributed by atoms with Crippen molar-refractivity contribution in [2.45, 2.75) is 38.7 Å². The lowest BCUT2D eigenvalue weighted by atomic mass is 9.75. The molecular weight excluding hydrogens is 393 g/mol. The van der Waals surface area contributed by atoms with Crippen LogP contribution in [0.2, 0.25) is 5.02 Å². The summed E-state index contributed by atoms with van der Waals surface area (Å²) in [6.45, 7) is 3.84. The third-order valence-corrected chi connectivity index (χ3v) is 4.68. The topological polar surface area (TPSA) is 112 Å². The smallest absolute Gasteiger partial charge is 0.426 e. The maximum atomic E-state index is 12.6. The van der Waals surface area contributed by atoms with E-state index in [2.05, 4.69) is 15.6 Å². The van der Waals surface area contributed by atoms with Crippen LogP contribution in [0.3, 0.4) is 0 Å². The quantitative estimate of drug-likeness (QED) is 0.467. The molecule has 9 heteroatoms. The lowest BCUT2D eigenvalue weighted by molar-refractivity contribution is -0.122. The van der Waals surface area contributed by atoms with Crippen molar-refractivity contribution < 1.29 is 19.6 Å². The highest BCUT2D eigenvalue weighted by Gasteiger charge is 2.28. The molecular formula is C20H25BClN3O4. The van der Waals surface area contributed by atoms with Gasteiger partial charge in [0.2, 0.25) is 5.91 Å². The van der Waals surface area contributed by atoms with Crippen LogP contribution in [-0.4, -0.2) is 39.9 Å². The van der Waals surface area contributed by atoms with E-state index in [0.29, 0.717) is 22.6 Å². The summed E-state index contributed by atoms with van der Waals surface area (Å²) in [6, 6.07) is 9.49. The van der Waals surface area contributed by atoms with Crippen LogP contribution in [0.15, 0.2) is 48.8 Å². The van der Waals surface area contributed by atoms with Gasteiger partial charge in [0.05, 0.1) is 24.0 Å². The molecule has 29 heavy (non-hydrogen) atoms. The molecule has 2 aromatic rings. The van der Waals surface area contributed by atoms with Gasteiger partial charge in [-0.15, -0.1) is 0 Å². The van der Waals surface area contributed by atoms with Crippen molar-refractivity contribution in [2.24, 2.45) is 5.92 Å². The van der Waals surface area contributed by atoms with Crippen molar-refractivity contribution >= 4 is 30.5 Å². The van der Waals surface area contributed by atoms with Gasteiger partial charge in [0, 0.05) is 17.4 Å². The fraction of sp³-hybridized carbons (Fsp3) is 0.350. The van der Waals surface area contributed by atoms with E-state index in [1.165, 1.54) is 6.20 Å². The van der Waals surface area contributed by atoms with E-state index in [0.717, 1.165) is 0 Å². The van der Waals surface area contributed by atoms with Crippen molar-refractivity contribution in [3.8, 4) is 0 Å². The number of nitrogens with one attached hydrogen (secondary N) is 2. The number of halogens is 1. The average Bonchev–Trinajstić information content (AvgIpc) is 2.67. The van der Waals surface area contributed by atoms with Crippen LogP contribution in [0.4, 0.5) is 0 Å². The van der Waals surface area contributed by atoms with Gasteiger partial charge >= 0.3 is 7.12 Å². The first kappa shape index (κ1) is 22.9. The molecule has 1 aromatic heterocycles. The predicted molar refractivity (Wildman–Crippen MR) is 112 cm³/mol. The van der Waals surface area contributed by atoms with Gasteiger partial charge in [0.1, 0.15) is 0 Å². The Kier molecular flexibility index (Phi) is 8.63. The van der Waals surface area contributed by atoms with Crippen LogP contribution in [0.5, 0.6) is 0 Å². The molecule has 0 spiro atoms. The van der Waals surface area contributed by atoms with E-state index in [1.807, 2.05) is 13.8 Å². The fourth-order valence-electron chi connectivity index (χ4n) is 2.95. The van der Waals surface area contributed by atoms with E-state index in [9.17, 15) is 19.6 Å². The second kappa shape index (κ2) is 10.9. The first-order valence-corrected chi connectivity index (χ1v) is 9.76. The summed E-state index contributed by atoms with van der Waals surface area (Å²) in [5.41, 5.74) is 0.944. The van der Waals surface area contributed by atoms with Crippen molar-refractivity contribution in [1.29, 1.82) is 0 Å². The highest BCUT2D eigenvalue weighted by molar-refractivity contribution is 6.43. The number of carbonyl (C=O) groups is 2. The summed E-state index contributed by atoms with van der Waals surface area (Å²) >= 11 is 6.28. The maximum absolute atomic E-state index is 12.6. The van der Waals surface area contributed by atoms with Gasteiger partial charge in [-0.25, -0.2) is 0 Å². The summed E-state index contributed by atoms with van der Waals surface area (Å²) in [5.74, 6) is -1.47. The van der Waals surface area contributed by atoms with E-state index in [-0.39, 0.29) is 12.3 Å². The van der Waals surface area contributed by atoms with Crippen LogP contribution in [-0.2, 0) is 4.79 Å². The number of carbonyl (C=O) groups excluding carboxylic acids is 2. The Balaban J connectivity index is 2.18. The molecule has 0 saturated carbocycles. The molecule has 2 amide bonds. The third kappa shape index (κ3) is 7.16. The molecule has 1 heterocycles. The van der Waals surface area contributed by atoms with Crippen molar-refractivity contribution in [2.75, 3.05) is 0 Å². The number of nitrogens with zero attached hydrogens (tertiary/aromatic N) is 1. The lowest BCUT2D eigenvalue weighted by Gasteiger charge is -2.23. The molecule has 2 rings (SSSR count). The van der Waals surface area contributed by atoms with Gasteiger partial charge in [0.15, 0.2) is 0 Å². The van der Waals surface area contributed by atoms with E-state index < -0.39 is 30.9 Å². The zero-order chi connectivity index (χ0) is 21.4. The summed E-state index contributed by atoms with van der Waals surface area (Å²) in [7, 11) is -1.68. The SMILES string of the molecule is CC(C)CC(NC(=O)CC(NC(=O)c1cccnc1)c1ccccc1Cl)B(O)O. The van der Waals surface area contributed by atoms with Crippen LogP contribution in [0.1, 0.15) is 48.7 Å². The second-order valence-electron chi connectivity index (χ2n) is 7.21. The Bertz CT molecular complexity index is 820. The van der Waals surface area contributed by atoms with E-state index in [1.54, 1.807) is 42.6 Å². The van der Waals surface area contributed by atoms with Gasteiger partial charge in [-0.2, -0.15) is 0 Å². The molecule has 0 aliphatic heterocycles. The van der Waals surface area contributed by atoms with Gasteiger partial charge in [0.25, 0.3) is 5.91 Å². The highest BCUT2D eigenvalue weighted by Crippen LogP contribution is 2.25. The minimum absolute atomic E-state index is 0.114. The van der Waals surface area contributed by atoms with E-state index >= 15 is 0 Å². The number of aromatic nitrogens is 1. The van der Waals surface area contributed by atoms with Crippen LogP contribution in [0.25, 0.3) is 0 Å². The molecule has 7 nitrogen and oxygen atoms in total. The first-order valence-electron chi connectivity index (χ1n) is 9.38. The van der Waals surface area contributed by atoms with Crippen molar-refractivity contribution in [1.82, 2.24) is 15.6 Å². The number of rotatable bonds is 9. The first-order chi connectivity index (χ1) is 13.8. The number of hydrogen-bond donors (Lipinski definition) is 4. The van der Waals surface area contributed by atoms with Crippen molar-refractivity contribution in [3.63, 3.8) is 0 Å². The number of pyridine rings is 1. The highest BCUT2D eigenvalue weighted by atomic mass is 35.5. The Morgan fingerprint density at radius 2 is 1.86 bits per heavy atom. The van der Waals surface area contributed by atoms with Gasteiger partial charge in [-0.3, -0.25) is 14.6 Å². The fourth-order valence-corrected chi connectivity index (χ4v) is 3.22. The number of amides is 2. The average molecular weight is 418 g/mol. The molecule has 0 fully saturated rings. The van der Waals surface area contributed by atoms with Crippen LogP contribution < -0.4 is 10.6 Å². The van der Waals surface area contributed by atoms with Crippen LogP contribution in [0, 0.1) is 5.92 Å². The molecule has 0 saturated heterocycles. The summed E-state index contributed by atoms with van der Waals surface area (Å²) in [5, 5.41) is 24.9. The van der Waals surface area contributed by atoms with Gasteiger partial charge in [-0.1, -0.05) is 43.6 Å². The molecule has 154 valence electrons. The predicted octanol–water partition coefficient (Wildman–Crippen LogP) is 2.14. The standard InChI is InChI=1S/C20H25BClN3O4/c1-13(2)10-18(21(28)29)25-19(26)11-17(15-7-3-4-8-16(15)22)24-20(27)14-6-5-9-23-12-14/h3-9,12-13,17-18,28-29H,10-11H2,1-2H3,(H,24,27)(H,25,26). The lowest BCUT2D eigenvalue weighted by Crippen LogP contribution is -2.48. The molecule has 0 aliphatic rings. The molecule has 0 radical (unpaired) electrons. The number of benzene rings is 1. The molecule has 0 aliphatic carbocycles.